The zero-order chi connectivity index (χ0) is 12.4. The van der Waals surface area contributed by atoms with Gasteiger partial charge in [-0.25, -0.2) is 0 Å². The summed E-state index contributed by atoms with van der Waals surface area (Å²) in [5.41, 5.74) is 2.62. The number of aryl methyl sites for hydroxylation is 1. The van der Waals surface area contributed by atoms with Gasteiger partial charge in [0.1, 0.15) is 11.1 Å². The van der Waals surface area contributed by atoms with Crippen molar-refractivity contribution in [3.8, 4) is 0 Å². The molecular weight excluding hydrogens is 240 g/mol. The Morgan fingerprint density at radius 3 is 2.88 bits per heavy atom. The Morgan fingerprint density at radius 1 is 1.53 bits per heavy atom. The van der Waals surface area contributed by atoms with Gasteiger partial charge in [-0.05, 0) is 6.92 Å². The van der Waals surface area contributed by atoms with E-state index in [1.165, 1.54) is 11.3 Å². The summed E-state index contributed by atoms with van der Waals surface area (Å²) in [6.07, 6.45) is 0. The number of aromatic nitrogens is 3. The van der Waals surface area contributed by atoms with Crippen LogP contribution >= 0.6 is 11.3 Å². The third-order valence-electron chi connectivity index (χ3n) is 2.22. The Kier molecular flexibility index (Phi) is 3.19. The van der Waals surface area contributed by atoms with E-state index < -0.39 is 0 Å². The van der Waals surface area contributed by atoms with Crippen LogP contribution in [0.3, 0.4) is 0 Å². The topological polar surface area (TPSA) is 80.9 Å². The maximum absolute atomic E-state index is 12.0. The smallest absolute Gasteiger partial charge is 0.263 e. The van der Waals surface area contributed by atoms with E-state index in [2.05, 4.69) is 20.7 Å². The number of amides is 1. The molecule has 0 aliphatic carbocycles. The predicted molar refractivity (Wildman–Crippen MR) is 63.2 cm³/mol. The molecule has 0 atom stereocenters. The average Bonchev–Trinajstić information content (AvgIpc) is 2.86. The molecule has 0 saturated heterocycles. The molecule has 0 fully saturated rings. The van der Waals surface area contributed by atoms with E-state index >= 15 is 0 Å². The van der Waals surface area contributed by atoms with Crippen molar-refractivity contribution in [3.05, 3.63) is 22.5 Å². The minimum absolute atomic E-state index is 0.103. The van der Waals surface area contributed by atoms with Gasteiger partial charge in [-0.3, -0.25) is 10.1 Å². The van der Waals surface area contributed by atoms with Gasteiger partial charge in [0.15, 0.2) is 5.76 Å². The third-order valence-corrected chi connectivity index (χ3v) is 2.83. The quantitative estimate of drug-likeness (QED) is 0.905. The second-order valence-electron chi connectivity index (χ2n) is 3.86. The first kappa shape index (κ1) is 11.7. The number of carbonyl (C=O) groups excluding carboxylic acids is 1. The highest BCUT2D eigenvalue weighted by molar-refractivity contribution is 7.13. The summed E-state index contributed by atoms with van der Waals surface area (Å²) in [4.78, 5) is 12.0. The Bertz CT molecular complexity index is 518. The Labute approximate surface area is 102 Å². The Morgan fingerprint density at radius 2 is 2.29 bits per heavy atom. The van der Waals surface area contributed by atoms with Crippen molar-refractivity contribution in [2.45, 2.75) is 26.7 Å². The van der Waals surface area contributed by atoms with Crippen LogP contribution in [-0.4, -0.2) is 21.3 Å². The molecule has 0 saturated carbocycles. The normalized spacial score (nSPS) is 10.8. The molecule has 0 spiro atoms. The molecule has 1 amide bonds. The zero-order valence-electron chi connectivity index (χ0n) is 9.72. The van der Waals surface area contributed by atoms with Crippen LogP contribution in [0.25, 0.3) is 0 Å². The second kappa shape index (κ2) is 4.62. The van der Waals surface area contributed by atoms with Gasteiger partial charge < -0.3 is 4.52 Å². The van der Waals surface area contributed by atoms with Crippen LogP contribution in [0.2, 0.25) is 0 Å². The van der Waals surface area contributed by atoms with Gasteiger partial charge in [0.25, 0.3) is 5.91 Å². The molecule has 2 heterocycles. The first-order valence-corrected chi connectivity index (χ1v) is 6.01. The Hall–Kier alpha value is -1.76. The summed E-state index contributed by atoms with van der Waals surface area (Å²) in [7, 11) is 0. The fourth-order valence-corrected chi connectivity index (χ4v) is 1.88. The van der Waals surface area contributed by atoms with Crippen LogP contribution in [0.1, 0.15) is 41.6 Å². The molecule has 7 heteroatoms. The minimum Gasteiger partial charge on any atom is -0.360 e. The third kappa shape index (κ3) is 2.33. The molecule has 0 aromatic carbocycles. The van der Waals surface area contributed by atoms with Gasteiger partial charge in [-0.1, -0.05) is 30.3 Å². The molecule has 0 aliphatic heterocycles. The van der Waals surface area contributed by atoms with E-state index in [-0.39, 0.29) is 11.8 Å². The van der Waals surface area contributed by atoms with Crippen molar-refractivity contribution in [1.29, 1.82) is 0 Å². The van der Waals surface area contributed by atoms with E-state index in [4.69, 9.17) is 4.52 Å². The summed E-state index contributed by atoms with van der Waals surface area (Å²) in [5, 5.41) is 14.4. The highest BCUT2D eigenvalue weighted by atomic mass is 32.1. The molecule has 1 N–H and O–H groups in total. The number of hydrogen-bond donors (Lipinski definition) is 1. The van der Waals surface area contributed by atoms with E-state index in [0.29, 0.717) is 22.1 Å². The van der Waals surface area contributed by atoms with Gasteiger partial charge in [0.05, 0.1) is 5.69 Å². The lowest BCUT2D eigenvalue weighted by Crippen LogP contribution is -2.14. The summed E-state index contributed by atoms with van der Waals surface area (Å²) in [6, 6.07) is 0. The van der Waals surface area contributed by atoms with Crippen molar-refractivity contribution < 1.29 is 9.32 Å². The molecule has 90 valence electrons. The van der Waals surface area contributed by atoms with Crippen molar-refractivity contribution in [1.82, 2.24) is 15.4 Å². The van der Waals surface area contributed by atoms with Gasteiger partial charge in [0, 0.05) is 5.92 Å². The van der Waals surface area contributed by atoms with Crippen LogP contribution in [0, 0.1) is 6.92 Å². The highest BCUT2D eigenvalue weighted by Crippen LogP contribution is 2.23. The number of nitrogens with zero attached hydrogens (tertiary/aromatic N) is 3. The van der Waals surface area contributed by atoms with Gasteiger partial charge in [-0.2, -0.15) is 0 Å². The molecule has 2 aromatic heterocycles. The number of nitrogens with one attached hydrogen (secondary N) is 1. The fourth-order valence-electron chi connectivity index (χ4n) is 1.44. The lowest BCUT2D eigenvalue weighted by Gasteiger charge is -2.04. The lowest BCUT2D eigenvalue weighted by molar-refractivity contribution is 0.102. The Balaban J connectivity index is 2.27. The predicted octanol–water partition coefficient (Wildman–Crippen LogP) is 2.21. The van der Waals surface area contributed by atoms with Crippen LogP contribution in [0.4, 0.5) is 5.13 Å². The molecule has 2 aromatic rings. The monoisotopic (exact) mass is 252 g/mol. The van der Waals surface area contributed by atoms with Crippen molar-refractivity contribution in [2.24, 2.45) is 0 Å². The minimum atomic E-state index is -0.260. The van der Waals surface area contributed by atoms with Crippen LogP contribution in [0.15, 0.2) is 10.0 Å². The van der Waals surface area contributed by atoms with Crippen LogP contribution in [-0.2, 0) is 0 Å². The van der Waals surface area contributed by atoms with E-state index in [0.717, 1.165) is 0 Å². The average molecular weight is 252 g/mol. The zero-order valence-corrected chi connectivity index (χ0v) is 10.5. The maximum atomic E-state index is 12.0. The van der Waals surface area contributed by atoms with Crippen LogP contribution < -0.4 is 5.32 Å². The van der Waals surface area contributed by atoms with Crippen molar-refractivity contribution >= 4 is 22.4 Å². The van der Waals surface area contributed by atoms with Gasteiger partial charge in [-0.15, -0.1) is 10.2 Å². The lowest BCUT2D eigenvalue weighted by atomic mass is 10.0. The van der Waals surface area contributed by atoms with E-state index in [9.17, 15) is 4.79 Å². The standard InChI is InChI=1S/C10H12N4O2S/c1-5(2)8-7(6(3)14-16-8)9(15)12-10-13-11-4-17-10/h4-5H,1-3H3,(H,12,13,15). The van der Waals surface area contributed by atoms with E-state index in [1.54, 1.807) is 12.4 Å². The summed E-state index contributed by atoms with van der Waals surface area (Å²) in [6.45, 7) is 5.63. The number of anilines is 1. The van der Waals surface area contributed by atoms with Crippen molar-refractivity contribution in [3.63, 3.8) is 0 Å². The second-order valence-corrected chi connectivity index (χ2v) is 4.69. The molecule has 0 radical (unpaired) electrons. The molecule has 17 heavy (non-hydrogen) atoms. The molecule has 0 unspecified atom stereocenters. The fraction of sp³-hybridized carbons (Fsp3) is 0.400. The number of rotatable bonds is 3. The van der Waals surface area contributed by atoms with Crippen molar-refractivity contribution in [2.75, 3.05) is 5.32 Å². The van der Waals surface area contributed by atoms with Gasteiger partial charge >= 0.3 is 0 Å². The molecular formula is C10H12N4O2S. The maximum Gasteiger partial charge on any atom is 0.263 e. The largest absolute Gasteiger partial charge is 0.360 e. The first-order valence-electron chi connectivity index (χ1n) is 5.13. The molecule has 0 bridgehead atoms. The number of hydrogen-bond acceptors (Lipinski definition) is 6. The summed E-state index contributed by atoms with van der Waals surface area (Å²) >= 11 is 1.26. The summed E-state index contributed by atoms with van der Waals surface area (Å²) < 4.78 is 5.15. The first-order chi connectivity index (χ1) is 8.09. The van der Waals surface area contributed by atoms with E-state index in [1.807, 2.05) is 13.8 Å². The summed E-state index contributed by atoms with van der Waals surface area (Å²) in [5.74, 6) is 0.431. The highest BCUT2D eigenvalue weighted by Gasteiger charge is 2.23. The number of carbonyl (C=O) groups is 1. The SMILES string of the molecule is Cc1noc(C(C)C)c1C(=O)Nc1nncs1. The molecule has 2 rings (SSSR count). The molecule has 0 aliphatic rings. The molecule has 6 nitrogen and oxygen atoms in total. The van der Waals surface area contributed by atoms with Gasteiger partial charge in [0.2, 0.25) is 5.13 Å². The van der Waals surface area contributed by atoms with Crippen LogP contribution in [0.5, 0.6) is 0 Å².